The van der Waals surface area contributed by atoms with Crippen molar-refractivity contribution in [2.24, 2.45) is 5.92 Å². The highest BCUT2D eigenvalue weighted by Crippen LogP contribution is 2.35. The summed E-state index contributed by atoms with van der Waals surface area (Å²) in [6.45, 7) is 2.00. The second-order valence-corrected chi connectivity index (χ2v) is 6.24. The molecule has 0 aliphatic heterocycles. The molecular formula is C22H18O2. The summed E-state index contributed by atoms with van der Waals surface area (Å²) in [7, 11) is 0. The van der Waals surface area contributed by atoms with Gasteiger partial charge < -0.3 is 4.74 Å². The van der Waals surface area contributed by atoms with Crippen molar-refractivity contribution in [3.8, 4) is 22.6 Å². The van der Waals surface area contributed by atoms with Crippen molar-refractivity contribution in [1.82, 2.24) is 0 Å². The minimum absolute atomic E-state index is 0.0850. The summed E-state index contributed by atoms with van der Waals surface area (Å²) >= 11 is 0. The minimum Gasteiger partial charge on any atom is -0.457 e. The van der Waals surface area contributed by atoms with Gasteiger partial charge in [-0.15, -0.1) is 0 Å². The van der Waals surface area contributed by atoms with Crippen molar-refractivity contribution in [3.05, 3.63) is 83.9 Å². The first kappa shape index (κ1) is 14.7. The van der Waals surface area contributed by atoms with Crippen LogP contribution in [0.15, 0.2) is 72.8 Å². The van der Waals surface area contributed by atoms with Crippen LogP contribution in [0.25, 0.3) is 11.1 Å². The molecule has 3 aromatic rings. The van der Waals surface area contributed by atoms with Gasteiger partial charge in [0.2, 0.25) is 0 Å². The standard InChI is InChI=1S/C22H18O2/c1-15-14-21-19(8-5-9-20(21)22(15)23)16-10-12-18(13-11-16)24-17-6-3-2-4-7-17/h2-13,15H,14H2,1H3. The normalized spacial score (nSPS) is 16.0. The van der Waals surface area contributed by atoms with Crippen LogP contribution < -0.4 is 4.74 Å². The van der Waals surface area contributed by atoms with Crippen LogP contribution in [-0.4, -0.2) is 5.78 Å². The molecule has 1 aliphatic carbocycles. The first-order valence-corrected chi connectivity index (χ1v) is 8.22. The molecule has 0 N–H and O–H groups in total. The molecule has 118 valence electrons. The molecule has 0 heterocycles. The molecule has 24 heavy (non-hydrogen) atoms. The molecule has 1 atom stereocenters. The Balaban J connectivity index is 1.64. The average Bonchev–Trinajstić information content (AvgIpc) is 2.91. The largest absolute Gasteiger partial charge is 0.457 e. The SMILES string of the molecule is CC1Cc2c(cccc2-c2ccc(Oc3ccccc3)cc2)C1=O. The summed E-state index contributed by atoms with van der Waals surface area (Å²) in [5, 5.41) is 0. The van der Waals surface area contributed by atoms with Crippen LogP contribution >= 0.6 is 0 Å². The number of ether oxygens (including phenoxy) is 1. The molecule has 4 rings (SSSR count). The third-order valence-electron chi connectivity index (χ3n) is 4.54. The summed E-state index contributed by atoms with van der Waals surface area (Å²) in [6, 6.07) is 23.8. The van der Waals surface area contributed by atoms with E-state index in [1.807, 2.05) is 61.5 Å². The number of benzene rings is 3. The van der Waals surface area contributed by atoms with Crippen molar-refractivity contribution in [2.45, 2.75) is 13.3 Å². The second kappa shape index (κ2) is 5.97. The van der Waals surface area contributed by atoms with E-state index >= 15 is 0 Å². The molecule has 0 saturated carbocycles. The molecule has 0 spiro atoms. The van der Waals surface area contributed by atoms with E-state index in [9.17, 15) is 4.79 Å². The number of carbonyl (C=O) groups is 1. The first-order chi connectivity index (χ1) is 11.7. The van der Waals surface area contributed by atoms with E-state index in [-0.39, 0.29) is 11.7 Å². The molecule has 1 aliphatic rings. The van der Waals surface area contributed by atoms with Gasteiger partial charge in [0, 0.05) is 11.5 Å². The Bertz CT molecular complexity index is 880. The maximum atomic E-state index is 12.2. The fraction of sp³-hybridized carbons (Fsp3) is 0.136. The van der Waals surface area contributed by atoms with Gasteiger partial charge in [-0.25, -0.2) is 0 Å². The number of para-hydroxylation sites is 1. The zero-order chi connectivity index (χ0) is 16.5. The minimum atomic E-state index is 0.0850. The monoisotopic (exact) mass is 314 g/mol. The fourth-order valence-corrected chi connectivity index (χ4v) is 3.30. The Kier molecular flexibility index (Phi) is 3.66. The van der Waals surface area contributed by atoms with E-state index in [2.05, 4.69) is 18.2 Å². The average molecular weight is 314 g/mol. The summed E-state index contributed by atoms with van der Waals surface area (Å²) < 4.78 is 5.84. The summed E-state index contributed by atoms with van der Waals surface area (Å²) in [5.74, 6) is 1.98. The lowest BCUT2D eigenvalue weighted by Crippen LogP contribution is -2.02. The van der Waals surface area contributed by atoms with Crippen molar-refractivity contribution in [3.63, 3.8) is 0 Å². The van der Waals surface area contributed by atoms with Crippen LogP contribution in [0.4, 0.5) is 0 Å². The number of fused-ring (bicyclic) bond motifs is 1. The molecule has 0 radical (unpaired) electrons. The van der Waals surface area contributed by atoms with Crippen LogP contribution in [0.5, 0.6) is 11.5 Å². The van der Waals surface area contributed by atoms with Gasteiger partial charge in [-0.1, -0.05) is 55.5 Å². The number of ketones is 1. The summed E-state index contributed by atoms with van der Waals surface area (Å²) in [5.41, 5.74) is 4.32. The Labute approximate surface area is 141 Å². The van der Waals surface area contributed by atoms with E-state index in [1.54, 1.807) is 0 Å². The molecule has 0 amide bonds. The van der Waals surface area contributed by atoms with Gasteiger partial charge in [0.1, 0.15) is 11.5 Å². The van der Waals surface area contributed by atoms with E-state index in [1.165, 1.54) is 5.56 Å². The quantitative estimate of drug-likeness (QED) is 0.636. The number of carbonyl (C=O) groups excluding carboxylic acids is 1. The van der Waals surface area contributed by atoms with Crippen LogP contribution in [-0.2, 0) is 6.42 Å². The predicted octanol–water partition coefficient (Wildman–Crippen LogP) is 5.52. The molecule has 3 aromatic carbocycles. The van der Waals surface area contributed by atoms with Crippen molar-refractivity contribution < 1.29 is 9.53 Å². The third kappa shape index (κ3) is 2.61. The topological polar surface area (TPSA) is 26.3 Å². The van der Waals surface area contributed by atoms with E-state index in [0.717, 1.165) is 34.6 Å². The van der Waals surface area contributed by atoms with Gasteiger partial charge >= 0.3 is 0 Å². The summed E-state index contributed by atoms with van der Waals surface area (Å²) in [4.78, 5) is 12.2. The van der Waals surface area contributed by atoms with Crippen LogP contribution in [0.2, 0.25) is 0 Å². The molecule has 2 nitrogen and oxygen atoms in total. The highest BCUT2D eigenvalue weighted by molar-refractivity contribution is 6.03. The lowest BCUT2D eigenvalue weighted by atomic mass is 9.96. The molecule has 0 saturated heterocycles. The zero-order valence-electron chi connectivity index (χ0n) is 13.5. The Morgan fingerprint density at radius 2 is 1.46 bits per heavy atom. The zero-order valence-corrected chi connectivity index (χ0v) is 13.5. The Morgan fingerprint density at radius 1 is 0.792 bits per heavy atom. The predicted molar refractivity (Wildman–Crippen MR) is 95.6 cm³/mol. The smallest absolute Gasteiger partial charge is 0.166 e. The van der Waals surface area contributed by atoms with Crippen LogP contribution in [0.3, 0.4) is 0 Å². The number of rotatable bonds is 3. The molecule has 0 aromatic heterocycles. The molecule has 1 unspecified atom stereocenters. The maximum absolute atomic E-state index is 12.2. The van der Waals surface area contributed by atoms with Gasteiger partial charge in [0.15, 0.2) is 5.78 Å². The van der Waals surface area contributed by atoms with Crippen LogP contribution in [0, 0.1) is 5.92 Å². The molecular weight excluding hydrogens is 296 g/mol. The van der Waals surface area contributed by atoms with Gasteiger partial charge in [0.25, 0.3) is 0 Å². The van der Waals surface area contributed by atoms with Gasteiger partial charge in [-0.2, -0.15) is 0 Å². The number of hydrogen-bond acceptors (Lipinski definition) is 2. The van der Waals surface area contributed by atoms with Gasteiger partial charge in [-0.3, -0.25) is 4.79 Å². The first-order valence-electron chi connectivity index (χ1n) is 8.22. The second-order valence-electron chi connectivity index (χ2n) is 6.24. The van der Waals surface area contributed by atoms with E-state index in [0.29, 0.717) is 0 Å². The van der Waals surface area contributed by atoms with E-state index in [4.69, 9.17) is 4.74 Å². The van der Waals surface area contributed by atoms with Crippen molar-refractivity contribution in [1.29, 1.82) is 0 Å². The number of Topliss-reactive ketones (excluding diaryl/α,β-unsaturated/α-hetero) is 1. The van der Waals surface area contributed by atoms with Crippen LogP contribution in [0.1, 0.15) is 22.8 Å². The lowest BCUT2D eigenvalue weighted by Gasteiger charge is -2.10. The Hall–Kier alpha value is -2.87. The molecule has 0 fully saturated rings. The molecule has 0 bridgehead atoms. The molecule has 2 heteroatoms. The van der Waals surface area contributed by atoms with Crippen molar-refractivity contribution >= 4 is 5.78 Å². The highest BCUT2D eigenvalue weighted by atomic mass is 16.5. The van der Waals surface area contributed by atoms with Crippen molar-refractivity contribution in [2.75, 3.05) is 0 Å². The number of hydrogen-bond donors (Lipinski definition) is 0. The Morgan fingerprint density at radius 3 is 2.21 bits per heavy atom. The van der Waals surface area contributed by atoms with Gasteiger partial charge in [-0.05, 0) is 47.4 Å². The maximum Gasteiger partial charge on any atom is 0.166 e. The third-order valence-corrected chi connectivity index (χ3v) is 4.54. The highest BCUT2D eigenvalue weighted by Gasteiger charge is 2.28. The van der Waals surface area contributed by atoms with E-state index < -0.39 is 0 Å². The summed E-state index contributed by atoms with van der Waals surface area (Å²) in [6.07, 6.45) is 0.826. The fourth-order valence-electron chi connectivity index (χ4n) is 3.30. The lowest BCUT2D eigenvalue weighted by molar-refractivity contribution is 0.0946. The van der Waals surface area contributed by atoms with Gasteiger partial charge in [0.05, 0.1) is 0 Å².